The second-order valence-electron chi connectivity index (χ2n) is 8.26. The molecule has 1 aromatic rings. The van der Waals surface area contributed by atoms with E-state index >= 15 is 0 Å². The molecule has 1 amide bonds. The van der Waals surface area contributed by atoms with Gasteiger partial charge in [-0.3, -0.25) is 14.7 Å². The zero-order valence-electron chi connectivity index (χ0n) is 17.4. The summed E-state index contributed by atoms with van der Waals surface area (Å²) in [4.78, 5) is 21.6. The number of nitrogens with zero attached hydrogens (tertiary/aromatic N) is 3. The van der Waals surface area contributed by atoms with Crippen LogP contribution in [0.25, 0.3) is 0 Å². The predicted octanol–water partition coefficient (Wildman–Crippen LogP) is 1.91. The molecule has 1 aliphatic carbocycles. The Kier molecular flexibility index (Phi) is 6.67. The van der Waals surface area contributed by atoms with E-state index < -0.39 is 0 Å². The largest absolute Gasteiger partial charge is 0.379 e. The van der Waals surface area contributed by atoms with E-state index in [1.165, 1.54) is 12.8 Å². The van der Waals surface area contributed by atoms with Crippen LogP contribution < -0.4 is 10.6 Å². The molecule has 3 aliphatic rings. The first-order valence-electron chi connectivity index (χ1n) is 10.9. The number of benzene rings is 1. The van der Waals surface area contributed by atoms with Gasteiger partial charge in [0.05, 0.1) is 13.2 Å². The smallest absolute Gasteiger partial charge is 0.227 e. The Bertz CT molecular complexity index is 728. The molecule has 0 bridgehead atoms. The highest BCUT2D eigenvalue weighted by atomic mass is 16.5. The number of aliphatic imine (C=N–C) groups is 1. The topological polar surface area (TPSA) is 69.2 Å². The van der Waals surface area contributed by atoms with Crippen LogP contribution in [0.1, 0.15) is 31.2 Å². The average Bonchev–Trinajstić information content (AvgIpc) is 3.18. The van der Waals surface area contributed by atoms with Gasteiger partial charge in [0.1, 0.15) is 0 Å². The number of carbonyl (C=O) groups excluding carboxylic acids is 1. The second kappa shape index (κ2) is 9.59. The molecule has 2 aliphatic heterocycles. The fourth-order valence-corrected chi connectivity index (χ4v) is 4.36. The lowest BCUT2D eigenvalue weighted by molar-refractivity contribution is -0.122. The SMILES string of the molecule is CN=C(NCc1cccc(NC(=O)C2CCC2)c1)N1CCC(N2CCOCC2)C1. The monoisotopic (exact) mass is 399 g/mol. The number of hydrogen-bond donors (Lipinski definition) is 2. The average molecular weight is 400 g/mol. The van der Waals surface area contributed by atoms with Crippen LogP contribution in [-0.2, 0) is 16.1 Å². The van der Waals surface area contributed by atoms with Crippen LogP contribution in [0.2, 0.25) is 0 Å². The van der Waals surface area contributed by atoms with Gasteiger partial charge in [-0.15, -0.1) is 0 Å². The summed E-state index contributed by atoms with van der Waals surface area (Å²) in [5.41, 5.74) is 2.02. The number of hydrogen-bond acceptors (Lipinski definition) is 4. The van der Waals surface area contributed by atoms with Crippen LogP contribution >= 0.6 is 0 Å². The Hall–Kier alpha value is -2.12. The van der Waals surface area contributed by atoms with Crippen molar-refractivity contribution in [3.63, 3.8) is 0 Å². The van der Waals surface area contributed by atoms with E-state index in [-0.39, 0.29) is 11.8 Å². The van der Waals surface area contributed by atoms with Crippen molar-refractivity contribution in [1.29, 1.82) is 0 Å². The summed E-state index contributed by atoms with van der Waals surface area (Å²) >= 11 is 0. The molecule has 158 valence electrons. The minimum absolute atomic E-state index is 0.156. The van der Waals surface area contributed by atoms with Gasteiger partial charge in [-0.05, 0) is 37.0 Å². The van der Waals surface area contributed by atoms with Crippen molar-refractivity contribution in [2.75, 3.05) is 51.8 Å². The molecule has 4 rings (SSSR count). The van der Waals surface area contributed by atoms with Crippen LogP contribution in [0.3, 0.4) is 0 Å². The van der Waals surface area contributed by atoms with Gasteiger partial charge in [0, 0.05) is 57.4 Å². The standard InChI is InChI=1S/C22H33N5O2/c1-23-22(27-9-8-20(16-27)26-10-12-29-13-11-26)24-15-17-4-2-7-19(14-17)25-21(28)18-5-3-6-18/h2,4,7,14,18,20H,3,5-6,8-13,15-16H2,1H3,(H,23,24)(H,25,28). The zero-order valence-corrected chi connectivity index (χ0v) is 17.4. The fourth-order valence-electron chi connectivity index (χ4n) is 4.36. The maximum atomic E-state index is 12.2. The van der Waals surface area contributed by atoms with E-state index in [0.717, 1.165) is 69.4 Å². The third kappa shape index (κ3) is 5.08. The molecule has 29 heavy (non-hydrogen) atoms. The minimum Gasteiger partial charge on any atom is -0.379 e. The lowest BCUT2D eigenvalue weighted by Crippen LogP contribution is -2.46. The van der Waals surface area contributed by atoms with Crippen LogP contribution in [0, 0.1) is 5.92 Å². The van der Waals surface area contributed by atoms with Gasteiger partial charge >= 0.3 is 0 Å². The van der Waals surface area contributed by atoms with Crippen molar-refractivity contribution >= 4 is 17.6 Å². The van der Waals surface area contributed by atoms with E-state index in [9.17, 15) is 4.79 Å². The summed E-state index contributed by atoms with van der Waals surface area (Å²) in [6, 6.07) is 8.68. The first-order valence-corrected chi connectivity index (χ1v) is 10.9. The van der Waals surface area contributed by atoms with Crippen LogP contribution in [0.4, 0.5) is 5.69 Å². The number of guanidine groups is 1. The molecule has 1 saturated carbocycles. The molecule has 2 N–H and O–H groups in total. The van der Waals surface area contributed by atoms with E-state index in [0.29, 0.717) is 12.6 Å². The highest BCUT2D eigenvalue weighted by Crippen LogP contribution is 2.27. The molecule has 0 radical (unpaired) electrons. The fraction of sp³-hybridized carbons (Fsp3) is 0.636. The molecule has 0 spiro atoms. The third-order valence-electron chi connectivity index (χ3n) is 6.36. The molecular weight excluding hydrogens is 366 g/mol. The Balaban J connectivity index is 1.28. The number of anilines is 1. The molecule has 0 aromatic heterocycles. The number of amides is 1. The Morgan fingerprint density at radius 1 is 1.21 bits per heavy atom. The Morgan fingerprint density at radius 2 is 2.03 bits per heavy atom. The van der Waals surface area contributed by atoms with Crippen molar-refractivity contribution in [2.24, 2.45) is 10.9 Å². The molecule has 1 aromatic carbocycles. The summed E-state index contributed by atoms with van der Waals surface area (Å²) in [6.07, 6.45) is 4.38. The molecule has 1 atom stereocenters. The molecule has 1 unspecified atom stereocenters. The van der Waals surface area contributed by atoms with Crippen molar-refractivity contribution < 1.29 is 9.53 Å². The molecule has 2 heterocycles. The number of rotatable bonds is 5. The van der Waals surface area contributed by atoms with E-state index in [1.807, 2.05) is 19.2 Å². The maximum absolute atomic E-state index is 12.2. The molecular formula is C22H33N5O2. The zero-order chi connectivity index (χ0) is 20.1. The highest BCUT2D eigenvalue weighted by molar-refractivity contribution is 5.93. The van der Waals surface area contributed by atoms with Crippen molar-refractivity contribution in [1.82, 2.24) is 15.1 Å². The van der Waals surface area contributed by atoms with Gasteiger partial charge in [-0.25, -0.2) is 0 Å². The van der Waals surface area contributed by atoms with Crippen LogP contribution in [0.5, 0.6) is 0 Å². The number of morpholine rings is 1. The number of ether oxygens (including phenoxy) is 1. The van der Waals surface area contributed by atoms with E-state index in [2.05, 4.69) is 37.6 Å². The quantitative estimate of drug-likeness (QED) is 0.585. The first-order chi connectivity index (χ1) is 14.2. The number of likely N-dealkylation sites (tertiary alicyclic amines) is 1. The van der Waals surface area contributed by atoms with E-state index in [1.54, 1.807) is 0 Å². The summed E-state index contributed by atoms with van der Waals surface area (Å²) in [6.45, 7) is 6.48. The predicted molar refractivity (Wildman–Crippen MR) is 115 cm³/mol. The van der Waals surface area contributed by atoms with Crippen molar-refractivity contribution in [2.45, 2.75) is 38.3 Å². The summed E-state index contributed by atoms with van der Waals surface area (Å²) < 4.78 is 5.48. The summed E-state index contributed by atoms with van der Waals surface area (Å²) in [5.74, 6) is 1.30. The molecule has 3 fully saturated rings. The van der Waals surface area contributed by atoms with Crippen molar-refractivity contribution in [3.05, 3.63) is 29.8 Å². The maximum Gasteiger partial charge on any atom is 0.227 e. The second-order valence-corrected chi connectivity index (χ2v) is 8.26. The van der Waals surface area contributed by atoms with Gasteiger partial charge in [0.2, 0.25) is 5.91 Å². The van der Waals surface area contributed by atoms with Crippen molar-refractivity contribution in [3.8, 4) is 0 Å². The lowest BCUT2D eigenvalue weighted by atomic mass is 9.85. The molecule has 7 nitrogen and oxygen atoms in total. The van der Waals surface area contributed by atoms with E-state index in [4.69, 9.17) is 4.74 Å². The summed E-state index contributed by atoms with van der Waals surface area (Å²) in [5, 5.41) is 6.56. The number of nitrogens with one attached hydrogen (secondary N) is 2. The summed E-state index contributed by atoms with van der Waals surface area (Å²) in [7, 11) is 1.85. The van der Waals surface area contributed by atoms with Gasteiger partial charge < -0.3 is 20.3 Å². The van der Waals surface area contributed by atoms with Gasteiger partial charge in [0.25, 0.3) is 0 Å². The van der Waals surface area contributed by atoms with Crippen LogP contribution in [0.15, 0.2) is 29.3 Å². The minimum atomic E-state index is 0.156. The Labute approximate surface area is 173 Å². The Morgan fingerprint density at radius 3 is 2.76 bits per heavy atom. The van der Waals surface area contributed by atoms with Gasteiger partial charge in [-0.2, -0.15) is 0 Å². The van der Waals surface area contributed by atoms with Gasteiger partial charge in [-0.1, -0.05) is 18.6 Å². The highest BCUT2D eigenvalue weighted by Gasteiger charge is 2.30. The normalized spacial score (nSPS) is 23.7. The molecule has 7 heteroatoms. The number of carbonyl (C=O) groups is 1. The lowest BCUT2D eigenvalue weighted by Gasteiger charge is -2.32. The third-order valence-corrected chi connectivity index (χ3v) is 6.36. The molecule has 2 saturated heterocycles. The van der Waals surface area contributed by atoms with Gasteiger partial charge in [0.15, 0.2) is 5.96 Å². The first kappa shape index (κ1) is 20.2. The van der Waals surface area contributed by atoms with Crippen LogP contribution in [-0.4, -0.2) is 74.1 Å².